The van der Waals surface area contributed by atoms with E-state index in [0.29, 0.717) is 30.2 Å². The Kier molecular flexibility index (Phi) is 5.94. The number of likely N-dealkylation sites (tertiary alicyclic amines) is 1. The summed E-state index contributed by atoms with van der Waals surface area (Å²) in [6, 6.07) is 23.7. The Morgan fingerprint density at radius 3 is 2.27 bits per heavy atom. The Morgan fingerprint density at radius 2 is 1.55 bits per heavy atom. The number of hydrogen-bond acceptors (Lipinski definition) is 2. The molecule has 2 atom stereocenters. The monoisotopic (exact) mass is 458 g/mol. The highest BCUT2D eigenvalue weighted by molar-refractivity contribution is 6.30. The molecule has 0 saturated carbocycles. The number of carbonyl (C=O) groups is 2. The average Bonchev–Trinajstić information content (AvgIpc) is 3.29. The fourth-order valence-corrected chi connectivity index (χ4v) is 5.19. The summed E-state index contributed by atoms with van der Waals surface area (Å²) < 4.78 is 0. The van der Waals surface area contributed by atoms with Gasteiger partial charge in [0.15, 0.2) is 0 Å². The fourth-order valence-electron chi connectivity index (χ4n) is 5.06. The molecular formula is C28H27ClN2O2. The highest BCUT2D eigenvalue weighted by Gasteiger charge is 2.42. The molecular weight excluding hydrogens is 432 g/mol. The number of halogens is 1. The van der Waals surface area contributed by atoms with E-state index in [-0.39, 0.29) is 23.7 Å². The molecule has 0 spiro atoms. The van der Waals surface area contributed by atoms with Crippen molar-refractivity contribution in [3.63, 3.8) is 0 Å². The van der Waals surface area contributed by atoms with Gasteiger partial charge in [-0.25, -0.2) is 0 Å². The number of benzene rings is 3. The summed E-state index contributed by atoms with van der Waals surface area (Å²) in [5.74, 6) is -0.190. The predicted octanol–water partition coefficient (Wildman–Crippen LogP) is 5.09. The van der Waals surface area contributed by atoms with E-state index in [1.807, 2.05) is 15.9 Å². The molecule has 168 valence electrons. The van der Waals surface area contributed by atoms with Crippen molar-refractivity contribution >= 4 is 23.4 Å². The number of nitrogens with zero attached hydrogens (tertiary/aromatic N) is 2. The number of aryl methyl sites for hydroxylation is 1. The predicted molar refractivity (Wildman–Crippen MR) is 130 cm³/mol. The molecule has 2 heterocycles. The number of fused-ring (bicyclic) bond motifs is 1. The normalized spacial score (nSPS) is 19.9. The van der Waals surface area contributed by atoms with Gasteiger partial charge in [-0.2, -0.15) is 0 Å². The molecule has 3 aromatic carbocycles. The van der Waals surface area contributed by atoms with Crippen molar-refractivity contribution in [3.8, 4) is 0 Å². The van der Waals surface area contributed by atoms with Gasteiger partial charge >= 0.3 is 0 Å². The topological polar surface area (TPSA) is 40.6 Å². The summed E-state index contributed by atoms with van der Waals surface area (Å²) in [6.45, 7) is 4.38. The van der Waals surface area contributed by atoms with E-state index in [9.17, 15) is 9.59 Å². The molecule has 0 aromatic heterocycles. The van der Waals surface area contributed by atoms with Gasteiger partial charge in [0.1, 0.15) is 0 Å². The molecule has 2 amide bonds. The maximum absolute atomic E-state index is 13.8. The van der Waals surface area contributed by atoms with E-state index in [4.69, 9.17) is 11.6 Å². The minimum absolute atomic E-state index is 0.0217. The molecule has 0 radical (unpaired) electrons. The van der Waals surface area contributed by atoms with Crippen LogP contribution in [-0.4, -0.2) is 41.2 Å². The molecule has 5 heteroatoms. The Balaban J connectivity index is 1.41. The van der Waals surface area contributed by atoms with Gasteiger partial charge in [0.25, 0.3) is 5.91 Å². The van der Waals surface area contributed by atoms with Gasteiger partial charge in [0, 0.05) is 42.7 Å². The Hall–Kier alpha value is -3.11. The lowest BCUT2D eigenvalue weighted by molar-refractivity contribution is -0.136. The Morgan fingerprint density at radius 1 is 0.848 bits per heavy atom. The first kappa shape index (κ1) is 21.7. The van der Waals surface area contributed by atoms with Gasteiger partial charge in [-0.15, -0.1) is 0 Å². The maximum Gasteiger partial charge on any atom is 0.253 e. The van der Waals surface area contributed by atoms with Crippen LogP contribution in [0, 0.1) is 12.8 Å². The van der Waals surface area contributed by atoms with Crippen LogP contribution in [0.1, 0.15) is 38.5 Å². The Bertz CT molecular complexity index is 1170. The van der Waals surface area contributed by atoms with Crippen LogP contribution in [0.4, 0.5) is 0 Å². The molecule has 2 aliphatic rings. The second kappa shape index (κ2) is 9.03. The molecule has 33 heavy (non-hydrogen) atoms. The van der Waals surface area contributed by atoms with Crippen LogP contribution in [0.15, 0.2) is 72.8 Å². The highest BCUT2D eigenvalue weighted by atomic mass is 35.5. The average molecular weight is 459 g/mol. The minimum atomic E-state index is -0.255. The molecule has 0 N–H and O–H groups in total. The number of rotatable bonds is 3. The summed E-state index contributed by atoms with van der Waals surface area (Å²) in [4.78, 5) is 30.8. The van der Waals surface area contributed by atoms with Gasteiger partial charge < -0.3 is 9.80 Å². The highest BCUT2D eigenvalue weighted by Crippen LogP contribution is 2.36. The number of amides is 2. The van der Waals surface area contributed by atoms with Gasteiger partial charge in [0.05, 0.1) is 5.92 Å². The first-order chi connectivity index (χ1) is 16.0. The minimum Gasteiger partial charge on any atom is -0.338 e. The van der Waals surface area contributed by atoms with Crippen LogP contribution in [-0.2, 0) is 17.8 Å². The van der Waals surface area contributed by atoms with E-state index >= 15 is 0 Å². The smallest absolute Gasteiger partial charge is 0.253 e. The van der Waals surface area contributed by atoms with E-state index < -0.39 is 0 Å². The number of hydrogen-bond donors (Lipinski definition) is 0. The van der Waals surface area contributed by atoms with Crippen LogP contribution in [0.25, 0.3) is 0 Å². The third-order valence-corrected chi connectivity index (χ3v) is 7.22. The third kappa shape index (κ3) is 4.40. The SMILES string of the molecule is Cc1ccc(C2CN(C(=O)c3ccc(Cl)cc3)CC2C(=O)N2CCc3ccccc3C2)cc1. The summed E-state index contributed by atoms with van der Waals surface area (Å²) in [5.41, 5.74) is 5.44. The van der Waals surface area contributed by atoms with Crippen molar-refractivity contribution in [3.05, 3.63) is 106 Å². The summed E-state index contributed by atoms with van der Waals surface area (Å²) in [5, 5.41) is 0.601. The zero-order chi connectivity index (χ0) is 22.9. The van der Waals surface area contributed by atoms with Gasteiger partial charge in [-0.3, -0.25) is 9.59 Å². The molecule has 0 bridgehead atoms. The van der Waals surface area contributed by atoms with Crippen LogP contribution in [0.2, 0.25) is 5.02 Å². The molecule has 1 fully saturated rings. The molecule has 2 unspecified atom stereocenters. The maximum atomic E-state index is 13.8. The van der Waals surface area contributed by atoms with Crippen LogP contribution in [0.3, 0.4) is 0 Å². The zero-order valence-electron chi connectivity index (χ0n) is 18.7. The Labute approximate surface area is 199 Å². The lowest BCUT2D eigenvalue weighted by Crippen LogP contribution is -2.42. The van der Waals surface area contributed by atoms with Crippen molar-refractivity contribution in [1.82, 2.24) is 9.80 Å². The molecule has 1 saturated heterocycles. The van der Waals surface area contributed by atoms with Crippen LogP contribution >= 0.6 is 11.6 Å². The summed E-state index contributed by atoms with van der Waals surface area (Å²) >= 11 is 6.00. The lowest BCUT2D eigenvalue weighted by atomic mass is 9.87. The molecule has 5 rings (SSSR count). The van der Waals surface area contributed by atoms with E-state index in [0.717, 1.165) is 18.5 Å². The van der Waals surface area contributed by atoms with Crippen molar-refractivity contribution in [2.75, 3.05) is 19.6 Å². The van der Waals surface area contributed by atoms with Gasteiger partial charge in [-0.05, 0) is 54.3 Å². The largest absolute Gasteiger partial charge is 0.338 e. The zero-order valence-corrected chi connectivity index (χ0v) is 19.5. The number of carbonyl (C=O) groups excluding carboxylic acids is 2. The summed E-state index contributed by atoms with van der Waals surface area (Å²) in [7, 11) is 0. The fraction of sp³-hybridized carbons (Fsp3) is 0.286. The first-order valence-corrected chi connectivity index (χ1v) is 11.8. The third-order valence-electron chi connectivity index (χ3n) is 6.96. The first-order valence-electron chi connectivity index (χ1n) is 11.5. The molecule has 3 aromatic rings. The van der Waals surface area contributed by atoms with Crippen LogP contribution in [0.5, 0.6) is 0 Å². The molecule has 2 aliphatic heterocycles. The van der Waals surface area contributed by atoms with E-state index in [2.05, 4.69) is 49.4 Å². The van der Waals surface area contributed by atoms with Crippen molar-refractivity contribution in [2.24, 2.45) is 5.92 Å². The van der Waals surface area contributed by atoms with Crippen molar-refractivity contribution in [2.45, 2.75) is 25.8 Å². The standard InChI is InChI=1S/C28H27ClN2O2/c1-19-6-8-21(9-7-19)25-17-31(27(32)22-10-12-24(29)13-11-22)18-26(25)28(33)30-15-14-20-4-2-3-5-23(20)16-30/h2-13,25-26H,14-18H2,1H3. The van der Waals surface area contributed by atoms with E-state index in [1.165, 1.54) is 16.7 Å². The van der Waals surface area contributed by atoms with E-state index in [1.54, 1.807) is 24.3 Å². The lowest BCUT2D eigenvalue weighted by Gasteiger charge is -2.32. The van der Waals surface area contributed by atoms with Crippen molar-refractivity contribution in [1.29, 1.82) is 0 Å². The second-order valence-electron chi connectivity index (χ2n) is 9.12. The quantitative estimate of drug-likeness (QED) is 0.548. The molecule has 0 aliphatic carbocycles. The van der Waals surface area contributed by atoms with Crippen LogP contribution < -0.4 is 0 Å². The molecule has 4 nitrogen and oxygen atoms in total. The summed E-state index contributed by atoms with van der Waals surface area (Å²) in [6.07, 6.45) is 0.872. The van der Waals surface area contributed by atoms with Crippen molar-refractivity contribution < 1.29 is 9.59 Å². The van der Waals surface area contributed by atoms with Gasteiger partial charge in [0.2, 0.25) is 5.91 Å². The van der Waals surface area contributed by atoms with Gasteiger partial charge in [-0.1, -0.05) is 65.7 Å². The second-order valence-corrected chi connectivity index (χ2v) is 9.56.